The van der Waals surface area contributed by atoms with E-state index in [1.54, 1.807) is 0 Å². The van der Waals surface area contributed by atoms with Gasteiger partial charge in [0.25, 0.3) is 0 Å². The average molecular weight is 224 g/mol. The van der Waals surface area contributed by atoms with E-state index in [0.29, 0.717) is 11.6 Å². The van der Waals surface area contributed by atoms with E-state index in [2.05, 4.69) is 4.57 Å². The smallest absolute Gasteiger partial charge is 0.0682 e. The summed E-state index contributed by atoms with van der Waals surface area (Å²) in [5, 5.41) is 1.65. The number of aromatic nitrogens is 1. The highest BCUT2D eigenvalue weighted by molar-refractivity contribution is 6.36. The van der Waals surface area contributed by atoms with Crippen molar-refractivity contribution in [3.8, 4) is 0 Å². The molecule has 0 aliphatic heterocycles. The van der Waals surface area contributed by atoms with Crippen LogP contribution in [0.5, 0.6) is 0 Å². The largest absolute Gasteiger partial charge is 0.398 e. The number of halogens is 1. The van der Waals surface area contributed by atoms with Crippen LogP contribution in [0.1, 0.15) is 6.42 Å². The van der Waals surface area contributed by atoms with Crippen molar-refractivity contribution in [1.29, 1.82) is 0 Å². The van der Waals surface area contributed by atoms with Gasteiger partial charge in [0.05, 0.1) is 10.5 Å². The van der Waals surface area contributed by atoms with Crippen molar-refractivity contribution in [2.45, 2.75) is 13.0 Å². The number of nitrogens with two attached hydrogens (primary N) is 2. The molecule has 0 radical (unpaired) electrons. The predicted octanol–water partition coefficient (Wildman–Crippen LogP) is 2.23. The first kappa shape index (κ1) is 10.3. The first-order valence-electron chi connectivity index (χ1n) is 4.97. The molecule has 15 heavy (non-hydrogen) atoms. The Labute approximate surface area is 93.6 Å². The molecular weight excluding hydrogens is 210 g/mol. The normalized spacial score (nSPS) is 11.1. The van der Waals surface area contributed by atoms with Gasteiger partial charge in [-0.1, -0.05) is 17.7 Å². The van der Waals surface area contributed by atoms with Crippen LogP contribution in [0.2, 0.25) is 5.02 Å². The van der Waals surface area contributed by atoms with Gasteiger partial charge in [-0.3, -0.25) is 0 Å². The highest BCUT2D eigenvalue weighted by Gasteiger charge is 2.08. The van der Waals surface area contributed by atoms with Crippen molar-refractivity contribution < 1.29 is 0 Å². The van der Waals surface area contributed by atoms with Crippen LogP contribution in [0, 0.1) is 0 Å². The van der Waals surface area contributed by atoms with Gasteiger partial charge in [-0.25, -0.2) is 0 Å². The number of aryl methyl sites for hydroxylation is 1. The van der Waals surface area contributed by atoms with Gasteiger partial charge in [0.2, 0.25) is 0 Å². The summed E-state index contributed by atoms with van der Waals surface area (Å²) >= 11 is 6.13. The minimum atomic E-state index is 0.680. The van der Waals surface area contributed by atoms with Gasteiger partial charge in [0.1, 0.15) is 0 Å². The molecule has 0 spiro atoms. The molecule has 0 amide bonds. The molecule has 80 valence electrons. The number of nitrogens with zero attached hydrogens (tertiary/aromatic N) is 1. The van der Waals surface area contributed by atoms with Crippen molar-refractivity contribution in [1.82, 2.24) is 4.57 Å². The zero-order valence-corrected chi connectivity index (χ0v) is 9.17. The second-order valence-electron chi connectivity index (χ2n) is 3.55. The molecule has 4 heteroatoms. The van der Waals surface area contributed by atoms with Gasteiger partial charge in [0.15, 0.2) is 0 Å². The summed E-state index contributed by atoms with van der Waals surface area (Å²) in [6.45, 7) is 1.56. The minimum absolute atomic E-state index is 0.680. The summed E-state index contributed by atoms with van der Waals surface area (Å²) in [4.78, 5) is 0. The van der Waals surface area contributed by atoms with Gasteiger partial charge < -0.3 is 16.0 Å². The van der Waals surface area contributed by atoms with Crippen LogP contribution >= 0.6 is 11.6 Å². The summed E-state index contributed by atoms with van der Waals surface area (Å²) in [6, 6.07) is 5.82. The quantitative estimate of drug-likeness (QED) is 0.784. The molecule has 0 fully saturated rings. The van der Waals surface area contributed by atoms with Crippen LogP contribution in [0.15, 0.2) is 24.4 Å². The highest BCUT2D eigenvalue weighted by Crippen LogP contribution is 2.30. The third kappa shape index (κ3) is 1.80. The fourth-order valence-electron chi connectivity index (χ4n) is 1.77. The molecule has 0 saturated carbocycles. The van der Waals surface area contributed by atoms with Crippen molar-refractivity contribution in [2.24, 2.45) is 5.73 Å². The fourth-order valence-corrected chi connectivity index (χ4v) is 2.10. The molecule has 4 N–H and O–H groups in total. The molecule has 0 atom stereocenters. The summed E-state index contributed by atoms with van der Waals surface area (Å²) in [6.07, 6.45) is 2.85. The van der Waals surface area contributed by atoms with Crippen molar-refractivity contribution >= 4 is 28.2 Å². The molecule has 1 heterocycles. The van der Waals surface area contributed by atoms with Gasteiger partial charge >= 0.3 is 0 Å². The average Bonchev–Trinajstić information content (AvgIpc) is 2.54. The monoisotopic (exact) mass is 223 g/mol. The zero-order chi connectivity index (χ0) is 10.8. The SMILES string of the molecule is NCCCn1cc(Cl)c2c(N)cccc21. The van der Waals surface area contributed by atoms with Crippen molar-refractivity contribution in [3.63, 3.8) is 0 Å². The summed E-state index contributed by atoms with van der Waals surface area (Å²) in [5.74, 6) is 0. The molecule has 2 aromatic rings. The standard InChI is InChI=1S/C11H14ClN3/c12-8-7-15(6-2-5-13)10-4-1-3-9(14)11(8)10/h1,3-4,7H,2,5-6,13-14H2. The van der Waals surface area contributed by atoms with E-state index in [1.165, 1.54) is 0 Å². The molecule has 0 aliphatic carbocycles. The number of fused-ring (bicyclic) bond motifs is 1. The van der Waals surface area contributed by atoms with E-state index in [4.69, 9.17) is 23.1 Å². The number of hydrogen-bond acceptors (Lipinski definition) is 2. The Hall–Kier alpha value is -1.19. The number of nitrogen functional groups attached to an aromatic ring is 1. The first-order chi connectivity index (χ1) is 7.24. The Bertz CT molecular complexity index is 476. The van der Waals surface area contributed by atoms with E-state index in [-0.39, 0.29) is 0 Å². The van der Waals surface area contributed by atoms with E-state index in [9.17, 15) is 0 Å². The molecule has 0 saturated heterocycles. The highest BCUT2D eigenvalue weighted by atomic mass is 35.5. The van der Waals surface area contributed by atoms with Gasteiger partial charge in [-0.15, -0.1) is 0 Å². The van der Waals surface area contributed by atoms with Crippen LogP contribution < -0.4 is 11.5 Å². The third-order valence-corrected chi connectivity index (χ3v) is 2.78. The predicted molar refractivity (Wildman–Crippen MR) is 65.0 cm³/mol. The lowest BCUT2D eigenvalue weighted by atomic mass is 10.2. The number of hydrogen-bond donors (Lipinski definition) is 2. The topological polar surface area (TPSA) is 57.0 Å². The number of rotatable bonds is 3. The van der Waals surface area contributed by atoms with E-state index >= 15 is 0 Å². The molecule has 0 unspecified atom stereocenters. The molecule has 1 aromatic carbocycles. The van der Waals surface area contributed by atoms with Crippen molar-refractivity contribution in [3.05, 3.63) is 29.4 Å². The maximum absolute atomic E-state index is 6.13. The summed E-state index contributed by atoms with van der Waals surface area (Å²) in [5.41, 5.74) is 13.2. The first-order valence-corrected chi connectivity index (χ1v) is 5.34. The second kappa shape index (κ2) is 4.13. The van der Waals surface area contributed by atoms with Crippen LogP contribution in [-0.2, 0) is 6.54 Å². The molecule has 0 aliphatic rings. The van der Waals surface area contributed by atoms with Gasteiger partial charge in [0, 0.05) is 23.8 Å². The van der Waals surface area contributed by atoms with Crippen LogP contribution in [0.3, 0.4) is 0 Å². The number of anilines is 1. The van der Waals surface area contributed by atoms with Crippen LogP contribution in [0.4, 0.5) is 5.69 Å². The second-order valence-corrected chi connectivity index (χ2v) is 3.96. The van der Waals surface area contributed by atoms with Crippen LogP contribution in [-0.4, -0.2) is 11.1 Å². The Morgan fingerprint density at radius 1 is 1.33 bits per heavy atom. The lowest BCUT2D eigenvalue weighted by Gasteiger charge is -2.03. The van der Waals surface area contributed by atoms with E-state index in [0.717, 1.165) is 29.6 Å². The third-order valence-electron chi connectivity index (χ3n) is 2.50. The Kier molecular flexibility index (Phi) is 2.84. The Morgan fingerprint density at radius 3 is 2.87 bits per heavy atom. The fraction of sp³-hybridized carbons (Fsp3) is 0.273. The summed E-state index contributed by atoms with van der Waals surface area (Å²) < 4.78 is 2.10. The minimum Gasteiger partial charge on any atom is -0.398 e. The maximum atomic E-state index is 6.13. The molecule has 2 rings (SSSR count). The van der Waals surface area contributed by atoms with Gasteiger partial charge in [-0.2, -0.15) is 0 Å². The molecular formula is C11H14ClN3. The molecule has 0 bridgehead atoms. The maximum Gasteiger partial charge on any atom is 0.0682 e. The zero-order valence-electron chi connectivity index (χ0n) is 8.41. The Morgan fingerprint density at radius 2 is 2.13 bits per heavy atom. The van der Waals surface area contributed by atoms with E-state index < -0.39 is 0 Å². The van der Waals surface area contributed by atoms with Crippen molar-refractivity contribution in [2.75, 3.05) is 12.3 Å². The molecule has 3 nitrogen and oxygen atoms in total. The summed E-state index contributed by atoms with van der Waals surface area (Å²) in [7, 11) is 0. The lowest BCUT2D eigenvalue weighted by molar-refractivity contribution is 0.671. The van der Waals surface area contributed by atoms with Crippen LogP contribution in [0.25, 0.3) is 10.9 Å². The Balaban J connectivity index is 2.53. The lowest BCUT2D eigenvalue weighted by Crippen LogP contribution is -2.04. The van der Waals surface area contributed by atoms with E-state index in [1.807, 2.05) is 24.4 Å². The molecule has 1 aromatic heterocycles. The number of benzene rings is 1. The van der Waals surface area contributed by atoms with Gasteiger partial charge in [-0.05, 0) is 25.1 Å².